The minimum Gasteiger partial charge on any atom is -0.437 e. The van der Waals surface area contributed by atoms with Crippen molar-refractivity contribution in [3.63, 3.8) is 0 Å². The first-order chi connectivity index (χ1) is 8.45. The summed E-state index contributed by atoms with van der Waals surface area (Å²) in [6.45, 7) is 3.98. The van der Waals surface area contributed by atoms with E-state index in [1.165, 1.54) is 6.07 Å². The average molecular weight is 303 g/mol. The first-order valence-corrected chi connectivity index (χ1v) is 6.37. The molecule has 1 heterocycles. The van der Waals surface area contributed by atoms with Crippen molar-refractivity contribution in [3.05, 3.63) is 50.6 Å². The number of hydrogen-bond acceptors (Lipinski definition) is 2. The number of nitrogens with zero attached hydrogens (tertiary/aromatic N) is 1. The molecule has 94 valence electrons. The van der Waals surface area contributed by atoms with E-state index in [4.69, 9.17) is 39.5 Å². The molecule has 0 aliphatic rings. The Balaban J connectivity index is 2.36. The zero-order valence-corrected chi connectivity index (χ0v) is 12.1. The summed E-state index contributed by atoms with van der Waals surface area (Å²) in [7, 11) is 0. The Morgan fingerprint density at radius 1 is 0.889 bits per heavy atom. The van der Waals surface area contributed by atoms with Gasteiger partial charge in [0, 0.05) is 0 Å². The van der Waals surface area contributed by atoms with Crippen LogP contribution in [0.5, 0.6) is 11.6 Å². The monoisotopic (exact) mass is 301 g/mol. The molecule has 0 saturated heterocycles. The number of rotatable bonds is 2. The van der Waals surface area contributed by atoms with E-state index in [0.717, 1.165) is 11.1 Å². The molecule has 0 atom stereocenters. The Labute approximate surface area is 120 Å². The fourth-order valence-electron chi connectivity index (χ4n) is 1.60. The molecule has 0 N–H and O–H groups in total. The first kappa shape index (κ1) is 13.5. The lowest BCUT2D eigenvalue weighted by atomic mass is 10.1. The van der Waals surface area contributed by atoms with E-state index in [0.29, 0.717) is 15.8 Å². The predicted molar refractivity (Wildman–Crippen MR) is 75.3 cm³/mol. The number of aryl methyl sites for hydroxylation is 2. The van der Waals surface area contributed by atoms with E-state index < -0.39 is 0 Å². The quantitative estimate of drug-likeness (QED) is 0.688. The van der Waals surface area contributed by atoms with Crippen LogP contribution >= 0.6 is 34.8 Å². The standard InChI is InChI=1S/C13H10Cl3NO/c1-7-3-8(2)5-9(4-7)18-13-11(15)6-10(14)12(16)17-13/h3-6H,1-2H3. The van der Waals surface area contributed by atoms with E-state index in [1.54, 1.807) is 0 Å². The molecule has 0 bridgehead atoms. The minimum atomic E-state index is 0.167. The second-order valence-corrected chi connectivity index (χ2v) is 5.15. The lowest BCUT2D eigenvalue weighted by Gasteiger charge is -2.09. The van der Waals surface area contributed by atoms with Crippen LogP contribution in [0, 0.1) is 13.8 Å². The van der Waals surface area contributed by atoms with Gasteiger partial charge in [-0.25, -0.2) is 0 Å². The van der Waals surface area contributed by atoms with Gasteiger partial charge in [-0.05, 0) is 43.2 Å². The average Bonchev–Trinajstić information content (AvgIpc) is 2.24. The van der Waals surface area contributed by atoms with E-state index in [1.807, 2.05) is 26.0 Å². The minimum absolute atomic E-state index is 0.167. The van der Waals surface area contributed by atoms with Gasteiger partial charge in [0.1, 0.15) is 10.8 Å². The van der Waals surface area contributed by atoms with E-state index in [2.05, 4.69) is 11.1 Å². The Kier molecular flexibility index (Phi) is 4.00. The van der Waals surface area contributed by atoms with Gasteiger partial charge in [0.15, 0.2) is 5.15 Å². The molecule has 2 rings (SSSR count). The Morgan fingerprint density at radius 2 is 1.50 bits per heavy atom. The van der Waals surface area contributed by atoms with E-state index in [-0.39, 0.29) is 11.0 Å². The van der Waals surface area contributed by atoms with Gasteiger partial charge in [-0.2, -0.15) is 4.98 Å². The topological polar surface area (TPSA) is 22.1 Å². The van der Waals surface area contributed by atoms with Crippen molar-refractivity contribution in [3.8, 4) is 11.6 Å². The maximum absolute atomic E-state index is 6.00. The molecule has 0 fully saturated rings. The molecule has 0 spiro atoms. The normalized spacial score (nSPS) is 10.5. The summed E-state index contributed by atoms with van der Waals surface area (Å²) in [5.74, 6) is 0.913. The Hall–Kier alpha value is -0.960. The van der Waals surface area contributed by atoms with Gasteiger partial charge in [-0.15, -0.1) is 0 Å². The molecule has 2 nitrogen and oxygen atoms in total. The second-order valence-electron chi connectivity index (χ2n) is 3.97. The summed E-state index contributed by atoms with van der Waals surface area (Å²) in [5.41, 5.74) is 2.20. The van der Waals surface area contributed by atoms with E-state index in [9.17, 15) is 0 Å². The fraction of sp³-hybridized carbons (Fsp3) is 0.154. The molecular weight excluding hydrogens is 293 g/mol. The third kappa shape index (κ3) is 3.08. The lowest BCUT2D eigenvalue weighted by molar-refractivity contribution is 0.462. The van der Waals surface area contributed by atoms with Crippen LogP contribution in [-0.4, -0.2) is 4.98 Å². The zero-order chi connectivity index (χ0) is 13.3. The van der Waals surface area contributed by atoms with Crippen LogP contribution < -0.4 is 4.74 Å². The maximum Gasteiger partial charge on any atom is 0.239 e. The van der Waals surface area contributed by atoms with Crippen molar-refractivity contribution < 1.29 is 4.74 Å². The van der Waals surface area contributed by atoms with Crippen molar-refractivity contribution in [2.24, 2.45) is 0 Å². The SMILES string of the molecule is Cc1cc(C)cc(Oc2nc(Cl)c(Cl)cc2Cl)c1. The van der Waals surface area contributed by atoms with Crippen molar-refractivity contribution in [2.75, 3.05) is 0 Å². The molecule has 18 heavy (non-hydrogen) atoms. The molecular formula is C13H10Cl3NO. The van der Waals surface area contributed by atoms with Gasteiger partial charge in [0.25, 0.3) is 0 Å². The summed E-state index contributed by atoms with van der Waals surface area (Å²) in [6.07, 6.45) is 0. The Morgan fingerprint density at radius 3 is 2.11 bits per heavy atom. The van der Waals surface area contributed by atoms with Crippen LogP contribution in [0.1, 0.15) is 11.1 Å². The van der Waals surface area contributed by atoms with Gasteiger partial charge in [0.2, 0.25) is 5.88 Å². The maximum atomic E-state index is 6.00. The molecule has 1 aromatic carbocycles. The van der Waals surface area contributed by atoms with Crippen LogP contribution in [0.4, 0.5) is 0 Å². The Bertz CT molecular complexity index is 579. The van der Waals surface area contributed by atoms with Crippen LogP contribution in [0.3, 0.4) is 0 Å². The summed E-state index contributed by atoms with van der Waals surface area (Å²) < 4.78 is 5.62. The van der Waals surface area contributed by atoms with Gasteiger partial charge < -0.3 is 4.74 Å². The van der Waals surface area contributed by atoms with E-state index >= 15 is 0 Å². The van der Waals surface area contributed by atoms with Gasteiger partial charge >= 0.3 is 0 Å². The molecule has 0 amide bonds. The summed E-state index contributed by atoms with van der Waals surface area (Å²) in [6, 6.07) is 7.36. The highest BCUT2D eigenvalue weighted by molar-refractivity contribution is 6.42. The number of pyridine rings is 1. The fourth-order valence-corrected chi connectivity index (χ4v) is 2.13. The van der Waals surface area contributed by atoms with Gasteiger partial charge in [0.05, 0.1) is 5.02 Å². The van der Waals surface area contributed by atoms with Crippen LogP contribution in [0.15, 0.2) is 24.3 Å². The smallest absolute Gasteiger partial charge is 0.239 e. The predicted octanol–water partition coefficient (Wildman–Crippen LogP) is 5.45. The highest BCUT2D eigenvalue weighted by Crippen LogP contribution is 2.33. The van der Waals surface area contributed by atoms with Crippen LogP contribution in [0.25, 0.3) is 0 Å². The molecule has 2 aromatic rings. The van der Waals surface area contributed by atoms with Gasteiger partial charge in [-0.1, -0.05) is 40.9 Å². The molecule has 0 radical (unpaired) electrons. The lowest BCUT2D eigenvalue weighted by Crippen LogP contribution is -1.91. The molecule has 0 saturated carbocycles. The molecule has 1 aromatic heterocycles. The molecule has 0 aliphatic heterocycles. The van der Waals surface area contributed by atoms with Crippen LogP contribution in [0.2, 0.25) is 15.2 Å². The van der Waals surface area contributed by atoms with Crippen molar-refractivity contribution in [2.45, 2.75) is 13.8 Å². The number of ether oxygens (including phenoxy) is 1. The second kappa shape index (κ2) is 5.35. The van der Waals surface area contributed by atoms with Gasteiger partial charge in [-0.3, -0.25) is 0 Å². The summed E-state index contributed by atoms with van der Waals surface area (Å²) in [4.78, 5) is 4.01. The number of halogens is 3. The summed E-state index contributed by atoms with van der Waals surface area (Å²) in [5, 5.41) is 0.790. The van der Waals surface area contributed by atoms with Crippen molar-refractivity contribution >= 4 is 34.8 Å². The zero-order valence-electron chi connectivity index (χ0n) is 9.80. The third-order valence-electron chi connectivity index (χ3n) is 2.26. The molecule has 0 unspecified atom stereocenters. The highest BCUT2D eigenvalue weighted by Gasteiger charge is 2.10. The number of hydrogen-bond donors (Lipinski definition) is 0. The third-order valence-corrected chi connectivity index (χ3v) is 3.21. The molecule has 0 aliphatic carbocycles. The van der Waals surface area contributed by atoms with Crippen LogP contribution in [-0.2, 0) is 0 Å². The highest BCUT2D eigenvalue weighted by atomic mass is 35.5. The largest absolute Gasteiger partial charge is 0.437 e. The number of benzene rings is 1. The first-order valence-electron chi connectivity index (χ1n) is 5.23. The van der Waals surface area contributed by atoms with Crippen molar-refractivity contribution in [1.29, 1.82) is 0 Å². The number of aromatic nitrogens is 1. The summed E-state index contributed by atoms with van der Waals surface area (Å²) >= 11 is 17.6. The van der Waals surface area contributed by atoms with Crippen molar-refractivity contribution in [1.82, 2.24) is 4.98 Å². The molecule has 5 heteroatoms.